The summed E-state index contributed by atoms with van der Waals surface area (Å²) in [6, 6.07) is 5.85. The van der Waals surface area contributed by atoms with Crippen LogP contribution in [0.3, 0.4) is 0 Å². The lowest BCUT2D eigenvalue weighted by Gasteiger charge is -2.08. The van der Waals surface area contributed by atoms with Crippen LogP contribution >= 0.6 is 11.3 Å². The number of hydrogen-bond donors (Lipinski definition) is 1. The summed E-state index contributed by atoms with van der Waals surface area (Å²) in [5.74, 6) is -0.850. The van der Waals surface area contributed by atoms with Crippen molar-refractivity contribution in [2.75, 3.05) is 11.0 Å². The van der Waals surface area contributed by atoms with Crippen molar-refractivity contribution in [1.29, 1.82) is 0 Å². The largest absolute Gasteiger partial charge is 0.276 e. The van der Waals surface area contributed by atoms with Crippen molar-refractivity contribution >= 4 is 36.9 Å². The van der Waals surface area contributed by atoms with Gasteiger partial charge in [0, 0.05) is 6.26 Å². The molecule has 1 N–H and O–H groups in total. The molecule has 0 aliphatic heterocycles. The normalized spacial score (nSPS) is 12.3. The number of anilines is 1. The number of benzene rings is 1. The molecular formula is C11H10FNO4S3. The number of halogens is 1. The number of nitrogens with one attached hydrogen (secondary N) is 1. The summed E-state index contributed by atoms with van der Waals surface area (Å²) in [7, 11) is -7.47. The highest BCUT2D eigenvalue weighted by atomic mass is 32.2. The van der Waals surface area contributed by atoms with Crippen LogP contribution in [0.25, 0.3) is 0 Å². The first-order valence-corrected chi connectivity index (χ1v) is 9.51. The maximum atomic E-state index is 13.6. The average molecular weight is 335 g/mol. The first-order chi connectivity index (χ1) is 9.20. The Labute approximate surface area is 120 Å². The molecule has 0 fully saturated rings. The summed E-state index contributed by atoms with van der Waals surface area (Å²) in [5.41, 5.74) is -0.402. The molecule has 1 aromatic heterocycles. The number of sulfonamides is 1. The van der Waals surface area contributed by atoms with Crippen LogP contribution in [0.4, 0.5) is 10.1 Å². The molecule has 2 rings (SSSR count). The number of sulfone groups is 1. The third-order valence-corrected chi connectivity index (χ3v) is 6.24. The minimum Gasteiger partial charge on any atom is -0.276 e. The molecule has 0 atom stereocenters. The van der Waals surface area contributed by atoms with Gasteiger partial charge in [0.2, 0.25) is 0 Å². The molecule has 1 heterocycles. The maximum Gasteiger partial charge on any atom is 0.271 e. The van der Waals surface area contributed by atoms with Gasteiger partial charge in [-0.3, -0.25) is 4.72 Å². The fourth-order valence-corrected chi connectivity index (χ4v) is 4.12. The van der Waals surface area contributed by atoms with E-state index in [1.165, 1.54) is 6.07 Å². The molecule has 0 bridgehead atoms. The molecule has 0 spiro atoms. The van der Waals surface area contributed by atoms with Crippen LogP contribution in [0.1, 0.15) is 0 Å². The van der Waals surface area contributed by atoms with Gasteiger partial charge in [-0.1, -0.05) is 6.07 Å². The SMILES string of the molecule is CS(=O)(=O)c1ccc(F)c(NS(=O)(=O)c2cccs2)c1. The van der Waals surface area contributed by atoms with Crippen LogP contribution in [0.5, 0.6) is 0 Å². The van der Waals surface area contributed by atoms with Crippen LogP contribution < -0.4 is 4.72 Å². The van der Waals surface area contributed by atoms with Gasteiger partial charge in [0.15, 0.2) is 9.84 Å². The average Bonchev–Trinajstić information content (AvgIpc) is 2.84. The third-order valence-electron chi connectivity index (χ3n) is 2.37. The second-order valence-electron chi connectivity index (χ2n) is 3.95. The summed E-state index contributed by atoms with van der Waals surface area (Å²) in [6.45, 7) is 0. The fraction of sp³-hybridized carbons (Fsp3) is 0.0909. The highest BCUT2D eigenvalue weighted by molar-refractivity contribution is 7.94. The van der Waals surface area contributed by atoms with Crippen LogP contribution in [-0.2, 0) is 19.9 Å². The van der Waals surface area contributed by atoms with Crippen molar-refractivity contribution in [2.45, 2.75) is 9.10 Å². The van der Waals surface area contributed by atoms with Crippen LogP contribution in [0.2, 0.25) is 0 Å². The van der Waals surface area contributed by atoms with E-state index >= 15 is 0 Å². The van der Waals surface area contributed by atoms with E-state index in [1.54, 1.807) is 11.4 Å². The molecule has 0 amide bonds. The van der Waals surface area contributed by atoms with E-state index in [4.69, 9.17) is 0 Å². The summed E-state index contributed by atoms with van der Waals surface area (Å²) in [6.07, 6.45) is 0.956. The monoisotopic (exact) mass is 335 g/mol. The molecule has 0 unspecified atom stereocenters. The van der Waals surface area contributed by atoms with Crippen molar-refractivity contribution in [3.8, 4) is 0 Å². The Morgan fingerprint density at radius 3 is 2.40 bits per heavy atom. The van der Waals surface area contributed by atoms with Gasteiger partial charge in [-0.2, -0.15) is 0 Å². The second kappa shape index (κ2) is 5.15. The molecule has 0 saturated heterocycles. The Kier molecular flexibility index (Phi) is 3.85. The standard InChI is InChI=1S/C11H10FNO4S3/c1-19(14,15)8-4-5-9(12)10(7-8)13-20(16,17)11-3-2-6-18-11/h2-7,13H,1H3. The minimum absolute atomic E-state index is 0.0154. The Hall–Kier alpha value is -1.45. The Morgan fingerprint density at radius 1 is 1.15 bits per heavy atom. The van der Waals surface area contributed by atoms with E-state index in [9.17, 15) is 21.2 Å². The minimum atomic E-state index is -3.92. The first-order valence-electron chi connectivity index (χ1n) is 5.26. The van der Waals surface area contributed by atoms with Gasteiger partial charge in [-0.25, -0.2) is 21.2 Å². The zero-order chi connectivity index (χ0) is 15.0. The smallest absolute Gasteiger partial charge is 0.271 e. The zero-order valence-corrected chi connectivity index (χ0v) is 12.6. The van der Waals surface area contributed by atoms with E-state index in [2.05, 4.69) is 0 Å². The molecule has 108 valence electrons. The predicted octanol–water partition coefficient (Wildman–Crippen LogP) is 2.09. The lowest BCUT2D eigenvalue weighted by molar-refractivity contribution is 0.596. The van der Waals surface area contributed by atoms with E-state index < -0.39 is 31.4 Å². The second-order valence-corrected chi connectivity index (χ2v) is 8.82. The molecule has 20 heavy (non-hydrogen) atoms. The molecule has 0 aliphatic carbocycles. The summed E-state index contributed by atoms with van der Waals surface area (Å²) in [4.78, 5) is -0.164. The van der Waals surface area contributed by atoms with E-state index in [-0.39, 0.29) is 9.10 Å². The summed E-state index contributed by atoms with van der Waals surface area (Å²) in [5, 5.41) is 1.57. The van der Waals surface area contributed by atoms with E-state index in [0.717, 1.165) is 35.8 Å². The Morgan fingerprint density at radius 2 is 1.85 bits per heavy atom. The summed E-state index contributed by atoms with van der Waals surface area (Å²) >= 11 is 0.974. The van der Waals surface area contributed by atoms with Crippen LogP contribution in [0.15, 0.2) is 44.8 Å². The molecule has 0 radical (unpaired) electrons. The summed E-state index contributed by atoms with van der Waals surface area (Å²) < 4.78 is 62.4. The van der Waals surface area contributed by atoms with Gasteiger partial charge in [-0.05, 0) is 29.6 Å². The molecule has 1 aromatic carbocycles. The lowest BCUT2D eigenvalue weighted by atomic mass is 10.3. The van der Waals surface area contributed by atoms with Gasteiger partial charge in [0.05, 0.1) is 10.6 Å². The molecule has 5 nitrogen and oxygen atoms in total. The predicted molar refractivity (Wildman–Crippen MR) is 74.6 cm³/mol. The van der Waals surface area contributed by atoms with Gasteiger partial charge in [-0.15, -0.1) is 11.3 Å². The molecule has 2 aromatic rings. The van der Waals surface area contributed by atoms with Gasteiger partial charge >= 0.3 is 0 Å². The number of hydrogen-bond acceptors (Lipinski definition) is 5. The van der Waals surface area contributed by atoms with Crippen molar-refractivity contribution in [2.24, 2.45) is 0 Å². The topological polar surface area (TPSA) is 80.3 Å². The van der Waals surface area contributed by atoms with Crippen molar-refractivity contribution in [3.05, 3.63) is 41.5 Å². The fourth-order valence-electron chi connectivity index (χ4n) is 1.42. The van der Waals surface area contributed by atoms with Crippen molar-refractivity contribution < 1.29 is 21.2 Å². The molecule has 0 saturated carbocycles. The van der Waals surface area contributed by atoms with Crippen molar-refractivity contribution in [1.82, 2.24) is 0 Å². The lowest BCUT2D eigenvalue weighted by Crippen LogP contribution is -2.13. The number of thiophene rings is 1. The number of rotatable bonds is 4. The van der Waals surface area contributed by atoms with Gasteiger partial charge in [0.25, 0.3) is 10.0 Å². The molecule has 9 heteroatoms. The van der Waals surface area contributed by atoms with E-state index in [1.807, 2.05) is 4.72 Å². The Bertz CT molecular complexity index is 827. The quantitative estimate of drug-likeness (QED) is 0.868. The van der Waals surface area contributed by atoms with Gasteiger partial charge in [0.1, 0.15) is 10.0 Å². The Balaban J connectivity index is 2.44. The van der Waals surface area contributed by atoms with Gasteiger partial charge < -0.3 is 0 Å². The zero-order valence-electron chi connectivity index (χ0n) is 10.2. The highest BCUT2D eigenvalue weighted by Gasteiger charge is 2.19. The van der Waals surface area contributed by atoms with Crippen LogP contribution in [-0.4, -0.2) is 23.1 Å². The molecular weight excluding hydrogens is 325 g/mol. The molecule has 0 aliphatic rings. The van der Waals surface area contributed by atoms with Crippen LogP contribution in [0, 0.1) is 5.82 Å². The van der Waals surface area contributed by atoms with Crippen molar-refractivity contribution in [3.63, 3.8) is 0 Å². The van der Waals surface area contributed by atoms with E-state index in [0.29, 0.717) is 0 Å². The highest BCUT2D eigenvalue weighted by Crippen LogP contribution is 2.24. The first kappa shape index (κ1) is 14.9. The maximum absolute atomic E-state index is 13.6. The third kappa shape index (κ3) is 3.17.